The van der Waals surface area contributed by atoms with Gasteiger partial charge >= 0.3 is 11.6 Å². The molecule has 2 aromatic rings. The predicted octanol–water partition coefficient (Wildman–Crippen LogP) is 4.13. The third-order valence-corrected chi connectivity index (χ3v) is 6.42. The third-order valence-electron chi connectivity index (χ3n) is 6.42. The molecular weight excluding hydrogens is 342 g/mol. The van der Waals surface area contributed by atoms with E-state index in [9.17, 15) is 9.59 Å². The number of aryl methyl sites for hydroxylation is 1. The zero-order valence-corrected chi connectivity index (χ0v) is 15.8. The lowest BCUT2D eigenvalue weighted by Crippen LogP contribution is -2.38. The van der Waals surface area contributed by atoms with Crippen LogP contribution >= 0.6 is 0 Å². The molecule has 3 unspecified atom stereocenters. The van der Waals surface area contributed by atoms with Gasteiger partial charge in [-0.05, 0) is 62.1 Å². The van der Waals surface area contributed by atoms with Gasteiger partial charge in [0, 0.05) is 17.1 Å². The van der Waals surface area contributed by atoms with Crippen molar-refractivity contribution in [1.29, 1.82) is 0 Å². The Kier molecular flexibility index (Phi) is 4.94. The first-order valence-electron chi connectivity index (χ1n) is 10.0. The van der Waals surface area contributed by atoms with E-state index in [1.165, 1.54) is 25.7 Å². The fourth-order valence-electron chi connectivity index (χ4n) is 5.00. The molecule has 2 saturated carbocycles. The van der Waals surface area contributed by atoms with Gasteiger partial charge in [-0.1, -0.05) is 19.3 Å². The summed E-state index contributed by atoms with van der Waals surface area (Å²) in [4.78, 5) is 25.0. The number of nitrogens with two attached hydrogens (primary N) is 1. The van der Waals surface area contributed by atoms with E-state index in [-0.39, 0.29) is 18.5 Å². The van der Waals surface area contributed by atoms with E-state index >= 15 is 0 Å². The fraction of sp³-hybridized carbons (Fsp3) is 0.545. The lowest BCUT2D eigenvalue weighted by atomic mass is 9.69. The van der Waals surface area contributed by atoms with Crippen LogP contribution in [0.4, 0.5) is 5.69 Å². The van der Waals surface area contributed by atoms with Gasteiger partial charge in [-0.15, -0.1) is 0 Å². The van der Waals surface area contributed by atoms with E-state index in [1.54, 1.807) is 12.1 Å². The SMILES string of the molecule is Cc1c(CC(=O)OC2CCCC3CCCCC32)c(=O)oc2cc(N)ccc12. The molecule has 2 N–H and O–H groups in total. The number of rotatable bonds is 3. The van der Waals surface area contributed by atoms with E-state index in [1.807, 2.05) is 13.0 Å². The molecule has 1 heterocycles. The maximum absolute atomic E-state index is 12.6. The number of fused-ring (bicyclic) bond motifs is 2. The molecule has 0 amide bonds. The van der Waals surface area contributed by atoms with Gasteiger partial charge in [-0.2, -0.15) is 0 Å². The first-order valence-corrected chi connectivity index (χ1v) is 10.0. The van der Waals surface area contributed by atoms with Crippen molar-refractivity contribution in [3.63, 3.8) is 0 Å². The van der Waals surface area contributed by atoms with E-state index < -0.39 is 5.63 Å². The summed E-state index contributed by atoms with van der Waals surface area (Å²) in [6.45, 7) is 1.84. The molecule has 0 bridgehead atoms. The normalized spacial score (nSPS) is 25.1. The zero-order chi connectivity index (χ0) is 19.0. The number of carbonyl (C=O) groups is 1. The van der Waals surface area contributed by atoms with E-state index in [2.05, 4.69) is 0 Å². The van der Waals surface area contributed by atoms with E-state index in [4.69, 9.17) is 14.9 Å². The molecule has 0 radical (unpaired) electrons. The average molecular weight is 369 g/mol. The highest BCUT2D eigenvalue weighted by molar-refractivity contribution is 5.85. The van der Waals surface area contributed by atoms with Crippen molar-refractivity contribution in [3.05, 3.63) is 39.7 Å². The van der Waals surface area contributed by atoms with Crippen molar-refractivity contribution >= 4 is 22.6 Å². The lowest BCUT2D eigenvalue weighted by Gasteiger charge is -2.40. The summed E-state index contributed by atoms with van der Waals surface area (Å²) in [5.41, 5.74) is 7.41. The third kappa shape index (κ3) is 3.60. The number of hydrogen-bond acceptors (Lipinski definition) is 5. The molecule has 2 aliphatic carbocycles. The number of hydrogen-bond donors (Lipinski definition) is 1. The summed E-state index contributed by atoms with van der Waals surface area (Å²) in [6.07, 6.45) is 8.22. The molecule has 0 saturated heterocycles. The van der Waals surface area contributed by atoms with Crippen molar-refractivity contribution in [2.75, 3.05) is 5.73 Å². The molecular formula is C22H27NO4. The number of anilines is 1. The Bertz CT molecular complexity index is 914. The molecule has 3 atom stereocenters. The smallest absolute Gasteiger partial charge is 0.340 e. The van der Waals surface area contributed by atoms with Crippen molar-refractivity contribution in [1.82, 2.24) is 0 Å². The van der Waals surface area contributed by atoms with Crippen LogP contribution in [0.15, 0.2) is 27.4 Å². The Hall–Kier alpha value is -2.30. The second kappa shape index (κ2) is 7.37. The molecule has 5 heteroatoms. The topological polar surface area (TPSA) is 82.5 Å². The number of carbonyl (C=O) groups excluding carboxylic acids is 1. The summed E-state index contributed by atoms with van der Waals surface area (Å²) in [6, 6.07) is 5.23. The van der Waals surface area contributed by atoms with Gasteiger partial charge in [-0.25, -0.2) is 4.79 Å². The van der Waals surface area contributed by atoms with Gasteiger partial charge in [0.25, 0.3) is 0 Å². The van der Waals surface area contributed by atoms with Crippen LogP contribution in [0.3, 0.4) is 0 Å². The lowest BCUT2D eigenvalue weighted by molar-refractivity contribution is -0.155. The molecule has 0 spiro atoms. The number of benzene rings is 1. The van der Waals surface area contributed by atoms with E-state index in [0.717, 1.165) is 30.2 Å². The van der Waals surface area contributed by atoms with Gasteiger partial charge in [0.1, 0.15) is 11.7 Å². The second-order valence-electron chi connectivity index (χ2n) is 8.09. The Morgan fingerprint density at radius 2 is 1.96 bits per heavy atom. The van der Waals surface area contributed by atoms with E-state index in [0.29, 0.717) is 28.7 Å². The molecule has 1 aromatic heterocycles. The first-order chi connectivity index (χ1) is 13.0. The van der Waals surface area contributed by atoms with Crippen LogP contribution in [0, 0.1) is 18.8 Å². The quantitative estimate of drug-likeness (QED) is 0.500. The van der Waals surface area contributed by atoms with Crippen LogP contribution in [0.2, 0.25) is 0 Å². The Morgan fingerprint density at radius 1 is 1.19 bits per heavy atom. The Balaban J connectivity index is 1.52. The van der Waals surface area contributed by atoms with Gasteiger partial charge in [0.2, 0.25) is 0 Å². The minimum atomic E-state index is -0.485. The standard InChI is InChI=1S/C22H27NO4/c1-13-16-10-9-15(23)11-20(16)27-22(25)18(13)12-21(24)26-19-8-4-6-14-5-2-3-7-17(14)19/h9-11,14,17,19H,2-8,12,23H2,1H3. The maximum atomic E-state index is 12.6. The highest BCUT2D eigenvalue weighted by Crippen LogP contribution is 2.41. The highest BCUT2D eigenvalue weighted by atomic mass is 16.5. The molecule has 27 heavy (non-hydrogen) atoms. The van der Waals surface area contributed by atoms with Gasteiger partial charge in [-0.3, -0.25) is 4.79 Å². The Labute approximate surface area is 158 Å². The minimum Gasteiger partial charge on any atom is -0.462 e. The zero-order valence-electron chi connectivity index (χ0n) is 15.8. The monoisotopic (exact) mass is 369 g/mol. The molecule has 144 valence electrons. The first kappa shape index (κ1) is 18.1. The van der Waals surface area contributed by atoms with Crippen molar-refractivity contribution in [2.24, 2.45) is 11.8 Å². The minimum absolute atomic E-state index is 0.00384. The molecule has 4 rings (SSSR count). The van der Waals surface area contributed by atoms with Crippen LogP contribution in [0.1, 0.15) is 56.1 Å². The van der Waals surface area contributed by atoms with Crippen molar-refractivity contribution < 1.29 is 13.9 Å². The molecule has 5 nitrogen and oxygen atoms in total. The van der Waals surface area contributed by atoms with Crippen molar-refractivity contribution in [3.8, 4) is 0 Å². The molecule has 2 fully saturated rings. The maximum Gasteiger partial charge on any atom is 0.340 e. The average Bonchev–Trinajstić information content (AvgIpc) is 2.65. The highest BCUT2D eigenvalue weighted by Gasteiger charge is 2.37. The van der Waals surface area contributed by atoms with Crippen LogP contribution in [0.5, 0.6) is 0 Å². The molecule has 1 aromatic carbocycles. The summed E-state index contributed by atoms with van der Waals surface area (Å²) in [5.74, 6) is 0.869. The van der Waals surface area contributed by atoms with Gasteiger partial charge < -0.3 is 14.9 Å². The van der Waals surface area contributed by atoms with Crippen LogP contribution in [-0.4, -0.2) is 12.1 Å². The van der Waals surface area contributed by atoms with Gasteiger partial charge in [0.15, 0.2) is 0 Å². The number of nitrogen functional groups attached to an aromatic ring is 1. The molecule has 2 aliphatic rings. The number of esters is 1. The Morgan fingerprint density at radius 3 is 2.81 bits per heavy atom. The van der Waals surface area contributed by atoms with Crippen LogP contribution in [0.25, 0.3) is 11.0 Å². The predicted molar refractivity (Wildman–Crippen MR) is 105 cm³/mol. The van der Waals surface area contributed by atoms with Gasteiger partial charge in [0.05, 0.1) is 12.0 Å². The van der Waals surface area contributed by atoms with Crippen molar-refractivity contribution in [2.45, 2.75) is 64.4 Å². The molecule has 0 aliphatic heterocycles. The summed E-state index contributed by atoms with van der Waals surface area (Å²) >= 11 is 0. The van der Waals surface area contributed by atoms with Crippen LogP contribution in [-0.2, 0) is 16.0 Å². The number of ether oxygens (including phenoxy) is 1. The second-order valence-corrected chi connectivity index (χ2v) is 8.09. The van der Waals surface area contributed by atoms with Crippen LogP contribution < -0.4 is 11.4 Å². The largest absolute Gasteiger partial charge is 0.462 e. The summed E-state index contributed by atoms with van der Waals surface area (Å²) in [7, 11) is 0. The summed E-state index contributed by atoms with van der Waals surface area (Å²) in [5, 5.41) is 0.802. The fourth-order valence-corrected chi connectivity index (χ4v) is 5.00. The summed E-state index contributed by atoms with van der Waals surface area (Å²) < 4.78 is 11.3.